The maximum absolute atomic E-state index is 12.6. The van der Waals surface area contributed by atoms with Gasteiger partial charge < -0.3 is 20.0 Å². The second kappa shape index (κ2) is 5.95. The normalized spacial score (nSPS) is 16.2. The fourth-order valence-electron chi connectivity index (χ4n) is 2.36. The van der Waals surface area contributed by atoms with E-state index < -0.39 is 35.3 Å². The molecule has 1 N–H and O–H groups in total. The van der Waals surface area contributed by atoms with E-state index in [4.69, 9.17) is 9.84 Å². The molecule has 3 rings (SSSR count). The summed E-state index contributed by atoms with van der Waals surface area (Å²) in [6, 6.07) is 11.0. The highest BCUT2D eigenvalue weighted by Crippen LogP contribution is 2.38. The predicted octanol–water partition coefficient (Wildman–Crippen LogP) is 1.54. The van der Waals surface area contributed by atoms with Crippen molar-refractivity contribution >= 4 is 23.5 Å². The molecule has 24 heavy (non-hydrogen) atoms. The van der Waals surface area contributed by atoms with E-state index in [0.717, 1.165) is 11.0 Å². The summed E-state index contributed by atoms with van der Waals surface area (Å²) < 4.78 is 5.61. The van der Waals surface area contributed by atoms with Crippen molar-refractivity contribution in [3.63, 3.8) is 0 Å². The molecular weight excluding hydrogens is 318 g/mol. The molecule has 1 aliphatic rings. The summed E-state index contributed by atoms with van der Waals surface area (Å²) in [6.07, 6.45) is -1.04. The average molecular weight is 329 g/mol. The summed E-state index contributed by atoms with van der Waals surface area (Å²) in [7, 11) is 0. The van der Waals surface area contributed by atoms with Gasteiger partial charge in [0.1, 0.15) is 6.54 Å². The van der Waals surface area contributed by atoms with Crippen LogP contribution in [0.15, 0.2) is 42.5 Å². The van der Waals surface area contributed by atoms with Crippen LogP contribution in [0.3, 0.4) is 0 Å². The molecule has 1 aliphatic heterocycles. The Morgan fingerprint density at radius 3 is 2.62 bits per heavy atom. The number of carboxylic acid groups (broad SMARTS) is 1. The molecular formula is C15H11N3O6. The largest absolute Gasteiger partial charge is 0.480 e. The topological polar surface area (TPSA) is 123 Å². The lowest BCUT2D eigenvalue weighted by Crippen LogP contribution is -2.44. The molecule has 122 valence electrons. The van der Waals surface area contributed by atoms with Gasteiger partial charge in [-0.25, -0.2) is 0 Å². The number of rotatable bonds is 4. The molecule has 1 unspecified atom stereocenters. The number of aromatic nitrogens is 1. The lowest BCUT2D eigenvalue weighted by atomic mass is 10.1. The van der Waals surface area contributed by atoms with Crippen LogP contribution in [-0.4, -0.2) is 33.4 Å². The van der Waals surface area contributed by atoms with E-state index in [1.165, 1.54) is 6.07 Å². The standard InChI is InChI=1S/C15H11N3O6/c19-12(20)8-17-14-10(6-7-11(16-14)18(22)23)24-13(15(17)21)9-4-2-1-3-5-9/h1-7,13H,8H2,(H,19,20). The van der Waals surface area contributed by atoms with Gasteiger partial charge in [0, 0.05) is 11.6 Å². The summed E-state index contributed by atoms with van der Waals surface area (Å²) >= 11 is 0. The highest BCUT2D eigenvalue weighted by Gasteiger charge is 2.40. The van der Waals surface area contributed by atoms with Crippen molar-refractivity contribution in [3.8, 4) is 5.75 Å². The van der Waals surface area contributed by atoms with Crippen LogP contribution in [0.4, 0.5) is 11.6 Å². The van der Waals surface area contributed by atoms with Gasteiger partial charge >= 0.3 is 11.8 Å². The van der Waals surface area contributed by atoms with Crippen molar-refractivity contribution < 1.29 is 24.4 Å². The molecule has 0 aliphatic carbocycles. The van der Waals surface area contributed by atoms with Crippen LogP contribution in [0.25, 0.3) is 0 Å². The number of carbonyl (C=O) groups excluding carboxylic acids is 1. The quantitative estimate of drug-likeness (QED) is 0.666. The number of nitro groups is 1. The third-order valence-electron chi connectivity index (χ3n) is 3.40. The molecule has 0 saturated carbocycles. The Morgan fingerprint density at radius 1 is 1.29 bits per heavy atom. The molecule has 0 fully saturated rings. The first-order valence-electron chi connectivity index (χ1n) is 6.87. The Balaban J connectivity index is 2.08. The number of fused-ring (bicyclic) bond motifs is 1. The zero-order valence-electron chi connectivity index (χ0n) is 12.2. The van der Waals surface area contributed by atoms with Crippen LogP contribution < -0.4 is 9.64 Å². The lowest BCUT2D eigenvalue weighted by Gasteiger charge is -2.30. The monoisotopic (exact) mass is 329 g/mol. The average Bonchev–Trinajstić information content (AvgIpc) is 2.57. The smallest absolute Gasteiger partial charge is 0.366 e. The van der Waals surface area contributed by atoms with Crippen molar-refractivity contribution in [2.75, 3.05) is 11.4 Å². The lowest BCUT2D eigenvalue weighted by molar-refractivity contribution is -0.389. The maximum atomic E-state index is 12.6. The Hall–Kier alpha value is -3.49. The molecule has 9 heteroatoms. The van der Waals surface area contributed by atoms with E-state index in [-0.39, 0.29) is 11.6 Å². The minimum absolute atomic E-state index is 0.107. The Labute approximate surface area is 135 Å². The van der Waals surface area contributed by atoms with Crippen molar-refractivity contribution in [1.82, 2.24) is 4.98 Å². The third-order valence-corrected chi connectivity index (χ3v) is 3.40. The van der Waals surface area contributed by atoms with Crippen molar-refractivity contribution in [2.24, 2.45) is 0 Å². The number of anilines is 1. The van der Waals surface area contributed by atoms with Crippen molar-refractivity contribution in [2.45, 2.75) is 6.10 Å². The predicted molar refractivity (Wildman–Crippen MR) is 80.7 cm³/mol. The number of pyridine rings is 1. The van der Waals surface area contributed by atoms with Gasteiger partial charge in [0.05, 0.1) is 0 Å². The van der Waals surface area contributed by atoms with Gasteiger partial charge in [0.25, 0.3) is 11.7 Å². The summed E-state index contributed by atoms with van der Waals surface area (Å²) in [4.78, 5) is 38.5. The van der Waals surface area contributed by atoms with E-state index in [9.17, 15) is 19.7 Å². The second-order valence-electron chi connectivity index (χ2n) is 4.97. The van der Waals surface area contributed by atoms with Gasteiger partial charge in [0.15, 0.2) is 5.75 Å². The number of ether oxygens (including phenoxy) is 1. The molecule has 1 atom stereocenters. The van der Waals surface area contributed by atoms with Gasteiger partial charge in [-0.3, -0.25) is 14.5 Å². The number of hydrogen-bond donors (Lipinski definition) is 1. The molecule has 9 nitrogen and oxygen atoms in total. The van der Waals surface area contributed by atoms with Crippen LogP contribution in [0.2, 0.25) is 0 Å². The van der Waals surface area contributed by atoms with Gasteiger partial charge in [-0.05, 0) is 16.0 Å². The van der Waals surface area contributed by atoms with Gasteiger partial charge in [-0.1, -0.05) is 30.3 Å². The van der Waals surface area contributed by atoms with Crippen LogP contribution in [-0.2, 0) is 9.59 Å². The summed E-state index contributed by atoms with van der Waals surface area (Å²) in [5, 5.41) is 19.9. The van der Waals surface area contributed by atoms with E-state index >= 15 is 0 Å². The number of nitrogens with zero attached hydrogens (tertiary/aromatic N) is 3. The molecule has 1 aromatic carbocycles. The number of carbonyl (C=O) groups is 2. The van der Waals surface area contributed by atoms with Gasteiger partial charge in [-0.2, -0.15) is 0 Å². The fourth-order valence-corrected chi connectivity index (χ4v) is 2.36. The zero-order chi connectivity index (χ0) is 17.3. The van der Waals surface area contributed by atoms with Crippen LogP contribution in [0.1, 0.15) is 11.7 Å². The Bertz CT molecular complexity index is 823. The summed E-state index contributed by atoms with van der Waals surface area (Å²) in [6.45, 7) is -0.674. The third kappa shape index (κ3) is 2.74. The van der Waals surface area contributed by atoms with Crippen molar-refractivity contribution in [1.29, 1.82) is 0 Å². The molecule has 0 saturated heterocycles. The highest BCUT2D eigenvalue weighted by atomic mass is 16.6. The minimum Gasteiger partial charge on any atom is -0.480 e. The van der Waals surface area contributed by atoms with E-state index in [2.05, 4.69) is 4.98 Å². The number of benzene rings is 1. The van der Waals surface area contributed by atoms with Crippen molar-refractivity contribution in [3.05, 3.63) is 58.1 Å². The first kappa shape index (κ1) is 15.4. The number of hydrogen-bond acceptors (Lipinski definition) is 6. The summed E-state index contributed by atoms with van der Waals surface area (Å²) in [5.41, 5.74) is 0.543. The number of amides is 1. The molecule has 0 spiro atoms. The van der Waals surface area contributed by atoms with Gasteiger partial charge in [-0.15, -0.1) is 0 Å². The first-order valence-corrected chi connectivity index (χ1v) is 6.87. The molecule has 0 radical (unpaired) electrons. The fraction of sp³-hybridized carbons (Fsp3) is 0.133. The number of carboxylic acids is 1. The molecule has 0 bridgehead atoms. The number of aliphatic carboxylic acids is 1. The first-order chi connectivity index (χ1) is 11.5. The second-order valence-corrected chi connectivity index (χ2v) is 4.97. The molecule has 1 amide bonds. The maximum Gasteiger partial charge on any atom is 0.366 e. The van der Waals surface area contributed by atoms with E-state index in [1.807, 2.05) is 0 Å². The minimum atomic E-state index is -1.27. The SMILES string of the molecule is O=C(O)CN1C(=O)C(c2ccccc2)Oc2ccc([N+](=O)[O-])nc21. The Kier molecular flexibility index (Phi) is 3.82. The zero-order valence-corrected chi connectivity index (χ0v) is 12.2. The van der Waals surface area contributed by atoms with Gasteiger partial charge in [0.2, 0.25) is 6.10 Å². The molecule has 2 heterocycles. The molecule has 2 aromatic rings. The highest BCUT2D eigenvalue weighted by molar-refractivity contribution is 6.02. The van der Waals surface area contributed by atoms with Crippen LogP contribution >= 0.6 is 0 Å². The van der Waals surface area contributed by atoms with E-state index in [0.29, 0.717) is 5.56 Å². The summed E-state index contributed by atoms with van der Waals surface area (Å²) in [5.74, 6) is -2.49. The van der Waals surface area contributed by atoms with Crippen LogP contribution in [0.5, 0.6) is 5.75 Å². The van der Waals surface area contributed by atoms with E-state index in [1.54, 1.807) is 30.3 Å². The van der Waals surface area contributed by atoms with Crippen LogP contribution in [0, 0.1) is 10.1 Å². The Morgan fingerprint density at radius 2 is 2.00 bits per heavy atom. The molecule has 1 aromatic heterocycles.